The highest BCUT2D eigenvalue weighted by Crippen LogP contribution is 2.21. The number of rotatable bonds is 4. The van der Waals surface area contributed by atoms with Crippen LogP contribution >= 0.6 is 0 Å². The lowest BCUT2D eigenvalue weighted by Crippen LogP contribution is -1.98. The average Bonchev–Trinajstić information content (AvgIpc) is 2.41. The fourth-order valence-electron chi connectivity index (χ4n) is 1.78. The maximum absolute atomic E-state index is 8.97. The van der Waals surface area contributed by atoms with E-state index in [1.807, 2.05) is 36.4 Å². The highest BCUT2D eigenvalue weighted by Gasteiger charge is 2.02. The number of benzene rings is 2. The molecule has 0 atom stereocenters. The Morgan fingerprint density at radius 1 is 0.944 bits per heavy atom. The van der Waals surface area contributed by atoms with Gasteiger partial charge in [-0.15, -0.1) is 0 Å². The fraction of sp³-hybridized carbons (Fsp3) is 0.250. The van der Waals surface area contributed by atoms with Crippen molar-refractivity contribution < 1.29 is 9.84 Å². The molecule has 2 aromatic carbocycles. The summed E-state index contributed by atoms with van der Waals surface area (Å²) in [5, 5.41) is 8.97. The van der Waals surface area contributed by atoms with E-state index in [9.17, 15) is 0 Å². The van der Waals surface area contributed by atoms with E-state index in [1.54, 1.807) is 0 Å². The number of aryl methyl sites for hydroxylation is 1. The van der Waals surface area contributed by atoms with Gasteiger partial charge in [0.2, 0.25) is 0 Å². The van der Waals surface area contributed by atoms with Gasteiger partial charge in [0.25, 0.3) is 0 Å². The molecule has 2 rings (SSSR count). The highest BCUT2D eigenvalue weighted by molar-refractivity contribution is 5.38. The molecule has 0 saturated carbocycles. The van der Waals surface area contributed by atoms with Crippen LogP contribution in [0.25, 0.3) is 0 Å². The predicted octanol–water partition coefficient (Wildman–Crippen LogP) is 3.37. The number of aliphatic hydroxyl groups excluding tert-OH is 1. The van der Waals surface area contributed by atoms with Crippen LogP contribution in [0.2, 0.25) is 0 Å². The Morgan fingerprint density at radius 2 is 1.61 bits per heavy atom. The van der Waals surface area contributed by atoms with E-state index in [0.717, 1.165) is 16.9 Å². The van der Waals surface area contributed by atoms with Crippen molar-refractivity contribution in [3.05, 3.63) is 64.7 Å². The maximum atomic E-state index is 8.97. The zero-order chi connectivity index (χ0) is 13.0. The Bertz CT molecular complexity index is 515. The molecule has 0 aliphatic carbocycles. The molecular formula is C16H18O2. The summed E-state index contributed by atoms with van der Waals surface area (Å²) in [5.41, 5.74) is 4.45. The molecule has 0 unspecified atom stereocenters. The monoisotopic (exact) mass is 242 g/mol. The molecule has 0 aromatic heterocycles. The zero-order valence-electron chi connectivity index (χ0n) is 10.8. The number of hydrogen-bond acceptors (Lipinski definition) is 2. The van der Waals surface area contributed by atoms with Gasteiger partial charge >= 0.3 is 0 Å². The normalized spacial score (nSPS) is 10.4. The van der Waals surface area contributed by atoms with Gasteiger partial charge in [-0.3, -0.25) is 0 Å². The van der Waals surface area contributed by atoms with Gasteiger partial charge in [0.05, 0.1) is 6.61 Å². The third kappa shape index (κ3) is 2.90. The molecular weight excluding hydrogens is 224 g/mol. The van der Waals surface area contributed by atoms with Crippen LogP contribution in [-0.2, 0) is 13.2 Å². The van der Waals surface area contributed by atoms with Gasteiger partial charge in [-0.25, -0.2) is 0 Å². The first-order valence-electron chi connectivity index (χ1n) is 6.08. The zero-order valence-corrected chi connectivity index (χ0v) is 10.8. The van der Waals surface area contributed by atoms with E-state index in [2.05, 4.69) is 19.9 Å². The SMILES string of the molecule is Cc1cccc(OCc2ccc(CO)cc2)c1C. The van der Waals surface area contributed by atoms with Crippen molar-refractivity contribution in [2.75, 3.05) is 0 Å². The van der Waals surface area contributed by atoms with Crippen molar-refractivity contribution in [2.45, 2.75) is 27.1 Å². The predicted molar refractivity (Wildman–Crippen MR) is 72.6 cm³/mol. The van der Waals surface area contributed by atoms with Crippen LogP contribution in [0, 0.1) is 13.8 Å². The first-order valence-corrected chi connectivity index (χ1v) is 6.08. The second kappa shape index (κ2) is 5.69. The summed E-state index contributed by atoms with van der Waals surface area (Å²) in [6, 6.07) is 13.9. The molecule has 0 fully saturated rings. The fourth-order valence-corrected chi connectivity index (χ4v) is 1.78. The Kier molecular flexibility index (Phi) is 4.00. The Labute approximate surface area is 108 Å². The standard InChI is InChI=1S/C16H18O2/c1-12-4-3-5-16(13(12)2)18-11-15-8-6-14(10-17)7-9-15/h3-9,17H,10-11H2,1-2H3. The van der Waals surface area contributed by atoms with Crippen molar-refractivity contribution in [3.8, 4) is 5.75 Å². The average molecular weight is 242 g/mol. The number of aliphatic hydroxyl groups is 1. The second-order valence-electron chi connectivity index (χ2n) is 4.46. The number of hydrogen-bond donors (Lipinski definition) is 1. The van der Waals surface area contributed by atoms with Gasteiger partial charge in [0.1, 0.15) is 12.4 Å². The van der Waals surface area contributed by atoms with Crippen LogP contribution in [0.5, 0.6) is 5.75 Å². The smallest absolute Gasteiger partial charge is 0.122 e. The minimum atomic E-state index is 0.0815. The number of ether oxygens (including phenoxy) is 1. The van der Waals surface area contributed by atoms with Gasteiger partial charge in [0, 0.05) is 0 Å². The van der Waals surface area contributed by atoms with E-state index in [1.165, 1.54) is 11.1 Å². The third-order valence-corrected chi connectivity index (χ3v) is 3.15. The van der Waals surface area contributed by atoms with Gasteiger partial charge in [0.15, 0.2) is 0 Å². The van der Waals surface area contributed by atoms with Crippen LogP contribution in [0.4, 0.5) is 0 Å². The lowest BCUT2D eigenvalue weighted by atomic mass is 10.1. The molecule has 0 spiro atoms. The second-order valence-corrected chi connectivity index (χ2v) is 4.46. The molecule has 18 heavy (non-hydrogen) atoms. The summed E-state index contributed by atoms with van der Waals surface area (Å²) in [6.07, 6.45) is 0. The van der Waals surface area contributed by atoms with Crippen LogP contribution in [0.3, 0.4) is 0 Å². The van der Waals surface area contributed by atoms with Gasteiger partial charge in [-0.05, 0) is 42.2 Å². The summed E-state index contributed by atoms with van der Waals surface area (Å²) in [6.45, 7) is 4.78. The molecule has 0 saturated heterocycles. The van der Waals surface area contributed by atoms with E-state index < -0.39 is 0 Å². The molecule has 2 heteroatoms. The Hall–Kier alpha value is -1.80. The Balaban J connectivity index is 2.04. The molecule has 0 heterocycles. The van der Waals surface area contributed by atoms with Crippen molar-refractivity contribution in [1.29, 1.82) is 0 Å². The molecule has 1 N–H and O–H groups in total. The topological polar surface area (TPSA) is 29.5 Å². The quantitative estimate of drug-likeness (QED) is 0.890. The highest BCUT2D eigenvalue weighted by atomic mass is 16.5. The first kappa shape index (κ1) is 12.7. The summed E-state index contributed by atoms with van der Waals surface area (Å²) in [4.78, 5) is 0. The summed E-state index contributed by atoms with van der Waals surface area (Å²) in [7, 11) is 0. The summed E-state index contributed by atoms with van der Waals surface area (Å²) in [5.74, 6) is 0.932. The van der Waals surface area contributed by atoms with Crippen LogP contribution in [0.15, 0.2) is 42.5 Å². The van der Waals surface area contributed by atoms with E-state index in [0.29, 0.717) is 6.61 Å². The molecule has 94 valence electrons. The molecule has 0 aliphatic rings. The molecule has 2 aromatic rings. The minimum absolute atomic E-state index is 0.0815. The van der Waals surface area contributed by atoms with Gasteiger partial charge in [-0.1, -0.05) is 36.4 Å². The van der Waals surface area contributed by atoms with Crippen molar-refractivity contribution in [2.24, 2.45) is 0 Å². The van der Waals surface area contributed by atoms with Crippen molar-refractivity contribution in [1.82, 2.24) is 0 Å². The summed E-state index contributed by atoms with van der Waals surface area (Å²) < 4.78 is 5.81. The molecule has 0 aliphatic heterocycles. The lowest BCUT2D eigenvalue weighted by molar-refractivity contribution is 0.281. The van der Waals surface area contributed by atoms with Crippen LogP contribution < -0.4 is 4.74 Å². The van der Waals surface area contributed by atoms with E-state index in [-0.39, 0.29) is 6.61 Å². The lowest BCUT2D eigenvalue weighted by Gasteiger charge is -2.11. The van der Waals surface area contributed by atoms with Crippen molar-refractivity contribution in [3.63, 3.8) is 0 Å². The van der Waals surface area contributed by atoms with E-state index >= 15 is 0 Å². The molecule has 0 bridgehead atoms. The summed E-state index contributed by atoms with van der Waals surface area (Å²) >= 11 is 0. The Morgan fingerprint density at radius 3 is 2.28 bits per heavy atom. The van der Waals surface area contributed by atoms with E-state index in [4.69, 9.17) is 9.84 Å². The minimum Gasteiger partial charge on any atom is -0.489 e. The molecule has 2 nitrogen and oxygen atoms in total. The first-order chi connectivity index (χ1) is 8.70. The molecule has 0 amide bonds. The maximum Gasteiger partial charge on any atom is 0.122 e. The van der Waals surface area contributed by atoms with Crippen LogP contribution in [-0.4, -0.2) is 5.11 Å². The van der Waals surface area contributed by atoms with Crippen LogP contribution in [0.1, 0.15) is 22.3 Å². The third-order valence-electron chi connectivity index (χ3n) is 3.15. The van der Waals surface area contributed by atoms with Crippen molar-refractivity contribution >= 4 is 0 Å². The van der Waals surface area contributed by atoms with Gasteiger partial charge in [-0.2, -0.15) is 0 Å². The largest absolute Gasteiger partial charge is 0.489 e. The van der Waals surface area contributed by atoms with Gasteiger partial charge < -0.3 is 9.84 Å². The molecule has 0 radical (unpaired) electrons.